The van der Waals surface area contributed by atoms with Crippen molar-refractivity contribution in [3.05, 3.63) is 33.4 Å². The Morgan fingerprint density at radius 3 is 2.59 bits per heavy atom. The van der Waals surface area contributed by atoms with Crippen molar-refractivity contribution in [3.8, 4) is 6.07 Å². The second-order valence-electron chi connectivity index (χ2n) is 4.63. The van der Waals surface area contributed by atoms with Gasteiger partial charge in [0.2, 0.25) is 0 Å². The minimum absolute atomic E-state index is 0.129. The standard InChI is InChI=1S/C14H14INO/c15-12-6-4-11(5-7-12)9-14(10-16)8-2-1-3-13(14)17/h4-7H,1-3,8-9H2. The van der Waals surface area contributed by atoms with Crippen molar-refractivity contribution < 1.29 is 4.79 Å². The highest BCUT2D eigenvalue weighted by molar-refractivity contribution is 14.1. The van der Waals surface area contributed by atoms with Gasteiger partial charge in [-0.2, -0.15) is 5.26 Å². The molecule has 0 bridgehead atoms. The monoisotopic (exact) mass is 339 g/mol. The van der Waals surface area contributed by atoms with Gasteiger partial charge < -0.3 is 0 Å². The Balaban J connectivity index is 2.22. The fraction of sp³-hybridized carbons (Fsp3) is 0.429. The zero-order valence-corrected chi connectivity index (χ0v) is 11.7. The number of carbonyl (C=O) groups excluding carboxylic acids is 1. The molecule has 0 heterocycles. The summed E-state index contributed by atoms with van der Waals surface area (Å²) in [5, 5.41) is 9.36. The van der Waals surface area contributed by atoms with Crippen molar-refractivity contribution in [1.29, 1.82) is 5.26 Å². The second kappa shape index (κ2) is 5.18. The summed E-state index contributed by atoms with van der Waals surface area (Å²) in [5.74, 6) is 0.129. The van der Waals surface area contributed by atoms with E-state index in [2.05, 4.69) is 28.7 Å². The number of hydrogen-bond donors (Lipinski definition) is 0. The number of Topliss-reactive ketones (excluding diaryl/α,β-unsaturated/α-hetero) is 1. The lowest BCUT2D eigenvalue weighted by atomic mass is 9.70. The molecular weight excluding hydrogens is 325 g/mol. The van der Waals surface area contributed by atoms with E-state index < -0.39 is 5.41 Å². The first-order chi connectivity index (χ1) is 8.16. The Hall–Kier alpha value is -0.890. The summed E-state index contributed by atoms with van der Waals surface area (Å²) in [6, 6.07) is 10.4. The first-order valence-corrected chi connectivity index (χ1v) is 6.93. The molecule has 1 unspecified atom stereocenters. The normalized spacial score (nSPS) is 24.4. The predicted molar refractivity (Wildman–Crippen MR) is 74.4 cm³/mol. The average molecular weight is 339 g/mol. The van der Waals surface area contributed by atoms with Gasteiger partial charge in [0.1, 0.15) is 5.41 Å². The molecule has 0 amide bonds. The number of benzene rings is 1. The predicted octanol–water partition coefficient (Wildman–Crippen LogP) is 3.49. The largest absolute Gasteiger partial charge is 0.298 e. The Kier molecular flexibility index (Phi) is 3.82. The van der Waals surface area contributed by atoms with Crippen molar-refractivity contribution >= 4 is 28.4 Å². The molecule has 2 nitrogen and oxygen atoms in total. The zero-order chi connectivity index (χ0) is 12.3. The summed E-state index contributed by atoms with van der Waals surface area (Å²) in [6.45, 7) is 0. The van der Waals surface area contributed by atoms with Crippen molar-refractivity contribution in [2.75, 3.05) is 0 Å². The van der Waals surface area contributed by atoms with E-state index >= 15 is 0 Å². The molecule has 1 atom stereocenters. The molecule has 1 aromatic carbocycles. The Labute approximate surface area is 115 Å². The zero-order valence-electron chi connectivity index (χ0n) is 9.58. The minimum Gasteiger partial charge on any atom is -0.298 e. The summed E-state index contributed by atoms with van der Waals surface area (Å²) >= 11 is 2.25. The number of nitrogens with zero attached hydrogens (tertiary/aromatic N) is 1. The first kappa shape index (κ1) is 12.6. The second-order valence-corrected chi connectivity index (χ2v) is 5.87. The maximum absolute atomic E-state index is 12.0. The lowest BCUT2D eigenvalue weighted by Crippen LogP contribution is -2.34. The molecule has 0 aromatic heterocycles. The SMILES string of the molecule is N#CC1(Cc2ccc(I)cc2)CCCCC1=O. The molecule has 3 heteroatoms. The van der Waals surface area contributed by atoms with Crippen LogP contribution in [0, 0.1) is 20.3 Å². The fourth-order valence-corrected chi connectivity index (χ4v) is 2.75. The Morgan fingerprint density at radius 1 is 1.29 bits per heavy atom. The molecule has 1 aromatic rings. The van der Waals surface area contributed by atoms with Gasteiger partial charge in [-0.25, -0.2) is 0 Å². The third-order valence-corrected chi connectivity index (χ3v) is 4.14. The van der Waals surface area contributed by atoms with E-state index in [0.717, 1.165) is 18.4 Å². The minimum atomic E-state index is -0.759. The van der Waals surface area contributed by atoms with Gasteiger partial charge in [0.25, 0.3) is 0 Å². The van der Waals surface area contributed by atoms with Crippen molar-refractivity contribution in [1.82, 2.24) is 0 Å². The number of halogens is 1. The molecule has 17 heavy (non-hydrogen) atoms. The summed E-state index contributed by atoms with van der Waals surface area (Å²) < 4.78 is 1.17. The molecule has 1 aliphatic rings. The van der Waals surface area contributed by atoms with Gasteiger partial charge in [-0.1, -0.05) is 18.6 Å². The molecule has 0 saturated heterocycles. The molecule has 0 spiro atoms. The van der Waals surface area contributed by atoms with E-state index in [4.69, 9.17) is 0 Å². The molecule has 0 radical (unpaired) electrons. The van der Waals surface area contributed by atoms with Gasteiger partial charge in [0, 0.05) is 9.99 Å². The molecule has 1 aliphatic carbocycles. The van der Waals surface area contributed by atoms with Gasteiger partial charge in [0.15, 0.2) is 5.78 Å². The van der Waals surface area contributed by atoms with Crippen LogP contribution in [0.1, 0.15) is 31.2 Å². The van der Waals surface area contributed by atoms with Crippen LogP contribution in [0.3, 0.4) is 0 Å². The topological polar surface area (TPSA) is 40.9 Å². The van der Waals surface area contributed by atoms with Crippen LogP contribution in [-0.4, -0.2) is 5.78 Å². The average Bonchev–Trinajstić information content (AvgIpc) is 2.35. The van der Waals surface area contributed by atoms with E-state index in [-0.39, 0.29) is 5.78 Å². The van der Waals surface area contributed by atoms with Crippen molar-refractivity contribution in [2.45, 2.75) is 32.1 Å². The molecule has 2 rings (SSSR count). The van der Waals surface area contributed by atoms with E-state index in [9.17, 15) is 10.1 Å². The number of rotatable bonds is 2. The summed E-state index contributed by atoms with van der Waals surface area (Å²) in [7, 11) is 0. The number of carbonyl (C=O) groups is 1. The quantitative estimate of drug-likeness (QED) is 0.774. The van der Waals surface area contributed by atoms with Crippen LogP contribution >= 0.6 is 22.6 Å². The lowest BCUT2D eigenvalue weighted by Gasteiger charge is -2.29. The van der Waals surface area contributed by atoms with Crippen molar-refractivity contribution in [3.63, 3.8) is 0 Å². The van der Waals surface area contributed by atoms with E-state index in [0.29, 0.717) is 19.3 Å². The molecule has 1 fully saturated rings. The van der Waals surface area contributed by atoms with Crippen LogP contribution in [0.25, 0.3) is 0 Å². The Morgan fingerprint density at radius 2 is 2.00 bits per heavy atom. The maximum Gasteiger partial charge on any atom is 0.153 e. The highest BCUT2D eigenvalue weighted by Gasteiger charge is 2.39. The van der Waals surface area contributed by atoms with Gasteiger partial charge >= 0.3 is 0 Å². The van der Waals surface area contributed by atoms with Crippen LogP contribution < -0.4 is 0 Å². The van der Waals surface area contributed by atoms with Gasteiger partial charge in [-0.15, -0.1) is 0 Å². The molecule has 0 aliphatic heterocycles. The molecule has 1 saturated carbocycles. The molecule has 0 N–H and O–H groups in total. The number of nitriles is 1. The van der Waals surface area contributed by atoms with E-state index in [1.807, 2.05) is 24.3 Å². The van der Waals surface area contributed by atoms with Crippen LogP contribution in [0.2, 0.25) is 0 Å². The summed E-state index contributed by atoms with van der Waals surface area (Å²) in [6.07, 6.45) is 3.78. The van der Waals surface area contributed by atoms with Gasteiger partial charge in [-0.3, -0.25) is 4.79 Å². The highest BCUT2D eigenvalue weighted by Crippen LogP contribution is 2.35. The van der Waals surface area contributed by atoms with Crippen LogP contribution in [-0.2, 0) is 11.2 Å². The smallest absolute Gasteiger partial charge is 0.153 e. The Bertz CT molecular complexity index is 460. The third-order valence-electron chi connectivity index (χ3n) is 3.42. The van der Waals surface area contributed by atoms with E-state index in [1.54, 1.807) is 0 Å². The fourth-order valence-electron chi connectivity index (χ4n) is 2.39. The lowest BCUT2D eigenvalue weighted by molar-refractivity contribution is -0.128. The molecular formula is C14H14INO. The number of hydrogen-bond acceptors (Lipinski definition) is 2. The molecule has 88 valence electrons. The van der Waals surface area contributed by atoms with Gasteiger partial charge in [-0.05, 0) is 59.5 Å². The van der Waals surface area contributed by atoms with Crippen LogP contribution in [0.4, 0.5) is 0 Å². The van der Waals surface area contributed by atoms with Crippen LogP contribution in [0.5, 0.6) is 0 Å². The summed E-state index contributed by atoms with van der Waals surface area (Å²) in [4.78, 5) is 12.0. The third kappa shape index (κ3) is 2.68. The van der Waals surface area contributed by atoms with E-state index in [1.165, 1.54) is 3.57 Å². The summed E-state index contributed by atoms with van der Waals surface area (Å²) in [5.41, 5.74) is 0.326. The van der Waals surface area contributed by atoms with Crippen molar-refractivity contribution in [2.24, 2.45) is 5.41 Å². The highest BCUT2D eigenvalue weighted by atomic mass is 127. The maximum atomic E-state index is 12.0. The first-order valence-electron chi connectivity index (χ1n) is 5.85. The van der Waals surface area contributed by atoms with Crippen LogP contribution in [0.15, 0.2) is 24.3 Å². The number of ketones is 1. The van der Waals surface area contributed by atoms with Gasteiger partial charge in [0.05, 0.1) is 6.07 Å².